The highest BCUT2D eigenvalue weighted by Gasteiger charge is 2.32. The average Bonchev–Trinajstić information content (AvgIpc) is 3.10. The first-order chi connectivity index (χ1) is 17.3. The molecule has 38 heavy (non-hydrogen) atoms. The van der Waals surface area contributed by atoms with Crippen LogP contribution in [0.1, 0.15) is 59.9 Å². The molecule has 0 radical (unpaired) electrons. The minimum atomic E-state index is -0.294. The molecule has 0 saturated carbocycles. The molecule has 214 valence electrons. The maximum absolute atomic E-state index is 12.7. The molecular formula is C27H45N5O5S. The number of aromatic nitrogens is 1. The van der Waals surface area contributed by atoms with Crippen molar-refractivity contribution in [3.63, 3.8) is 0 Å². The molecule has 1 fully saturated rings. The fourth-order valence-electron chi connectivity index (χ4n) is 4.67. The van der Waals surface area contributed by atoms with Gasteiger partial charge in [0.1, 0.15) is 22.8 Å². The molecule has 0 spiro atoms. The van der Waals surface area contributed by atoms with E-state index in [-0.39, 0.29) is 39.8 Å². The SMILES string of the molecule is CC(C)(C)Cc1c([SH+]C(C)(C)C)[nH]c2c(N3CCN(C(=O)CCCNC(=O)CON)CC3)c(O)ccc12.[OH-]. The predicted molar refractivity (Wildman–Crippen MR) is 153 cm³/mol. The molecule has 0 unspecified atom stereocenters. The number of anilines is 1. The van der Waals surface area contributed by atoms with Crippen LogP contribution < -0.4 is 16.1 Å². The molecule has 0 aliphatic carbocycles. The zero-order valence-electron chi connectivity index (χ0n) is 23.6. The van der Waals surface area contributed by atoms with E-state index in [1.54, 1.807) is 6.07 Å². The molecule has 0 atom stereocenters. The van der Waals surface area contributed by atoms with E-state index in [2.05, 4.69) is 61.6 Å². The lowest BCUT2D eigenvalue weighted by Crippen LogP contribution is -2.49. The van der Waals surface area contributed by atoms with Gasteiger partial charge in [0.2, 0.25) is 16.8 Å². The number of carbonyl (C=O) groups is 2. The lowest BCUT2D eigenvalue weighted by molar-refractivity contribution is -0.132. The fraction of sp³-hybridized carbons (Fsp3) is 0.630. The van der Waals surface area contributed by atoms with Crippen LogP contribution in [-0.2, 0) is 32.6 Å². The van der Waals surface area contributed by atoms with Gasteiger partial charge in [0, 0.05) is 61.9 Å². The van der Waals surface area contributed by atoms with Crippen molar-refractivity contribution >= 4 is 40.2 Å². The van der Waals surface area contributed by atoms with Gasteiger partial charge in [0.25, 0.3) is 0 Å². The first-order valence-electron chi connectivity index (χ1n) is 13.0. The third kappa shape index (κ3) is 8.52. The van der Waals surface area contributed by atoms with Crippen molar-refractivity contribution in [3.8, 4) is 5.75 Å². The van der Waals surface area contributed by atoms with E-state index < -0.39 is 0 Å². The number of rotatable bonds is 9. The van der Waals surface area contributed by atoms with Gasteiger partial charge in [-0.25, -0.2) is 5.90 Å². The summed E-state index contributed by atoms with van der Waals surface area (Å²) in [5, 5.41) is 16.0. The number of hydrogen-bond acceptors (Lipinski definition) is 7. The maximum atomic E-state index is 12.7. The molecule has 11 heteroatoms. The Balaban J connectivity index is 0.00000507. The number of carbonyl (C=O) groups excluding carboxylic acids is 2. The number of piperazine rings is 1. The molecule has 1 aliphatic rings. The number of amides is 2. The van der Waals surface area contributed by atoms with Gasteiger partial charge >= 0.3 is 0 Å². The minimum absolute atomic E-state index is 0. The maximum Gasteiger partial charge on any atom is 0.248 e. The average molecular weight is 552 g/mol. The Kier molecular flexibility index (Phi) is 10.9. The molecule has 1 aromatic heterocycles. The molecule has 3 rings (SSSR count). The summed E-state index contributed by atoms with van der Waals surface area (Å²) < 4.78 is 0.0999. The van der Waals surface area contributed by atoms with Crippen molar-refractivity contribution in [3.05, 3.63) is 17.7 Å². The lowest BCUT2D eigenvalue weighted by atomic mass is 9.88. The highest BCUT2D eigenvalue weighted by Crippen LogP contribution is 2.41. The van der Waals surface area contributed by atoms with Gasteiger partial charge < -0.3 is 30.7 Å². The number of hydrogen-bond donors (Lipinski definition) is 4. The van der Waals surface area contributed by atoms with Crippen molar-refractivity contribution in [2.24, 2.45) is 11.3 Å². The van der Waals surface area contributed by atoms with Gasteiger partial charge in [-0.15, -0.1) is 0 Å². The summed E-state index contributed by atoms with van der Waals surface area (Å²) in [5.41, 5.74) is 3.24. The quantitative estimate of drug-likeness (QED) is 0.162. The minimum Gasteiger partial charge on any atom is -0.870 e. The van der Waals surface area contributed by atoms with Crippen molar-refractivity contribution < 1.29 is 25.0 Å². The Morgan fingerprint density at radius 1 is 1.13 bits per heavy atom. The highest BCUT2D eigenvalue weighted by atomic mass is 32.2. The van der Waals surface area contributed by atoms with Crippen LogP contribution in [0.15, 0.2) is 17.2 Å². The summed E-state index contributed by atoms with van der Waals surface area (Å²) in [6.45, 7) is 16.1. The second-order valence-electron chi connectivity index (χ2n) is 12.0. The molecular weight excluding hydrogens is 506 g/mol. The Morgan fingerprint density at radius 2 is 1.79 bits per heavy atom. The van der Waals surface area contributed by atoms with Crippen LogP contribution in [0.3, 0.4) is 0 Å². The normalized spacial score (nSPS) is 14.5. The number of H-pyrrole nitrogens is 1. The van der Waals surface area contributed by atoms with Crippen LogP contribution in [0.25, 0.3) is 10.9 Å². The Hall–Kier alpha value is -2.47. The molecule has 1 aliphatic heterocycles. The van der Waals surface area contributed by atoms with E-state index in [4.69, 9.17) is 5.90 Å². The monoisotopic (exact) mass is 551 g/mol. The van der Waals surface area contributed by atoms with Crippen molar-refractivity contribution in [1.82, 2.24) is 15.2 Å². The summed E-state index contributed by atoms with van der Waals surface area (Å²) >= 11 is 1.23. The van der Waals surface area contributed by atoms with Gasteiger partial charge in [-0.05, 0) is 51.2 Å². The van der Waals surface area contributed by atoms with E-state index in [9.17, 15) is 14.7 Å². The topological polar surface area (TPSA) is 154 Å². The molecule has 10 nitrogen and oxygen atoms in total. The van der Waals surface area contributed by atoms with E-state index >= 15 is 0 Å². The van der Waals surface area contributed by atoms with Crippen molar-refractivity contribution in [1.29, 1.82) is 0 Å². The first-order valence-corrected chi connectivity index (χ1v) is 13.9. The van der Waals surface area contributed by atoms with Crippen molar-refractivity contribution in [2.75, 3.05) is 44.2 Å². The Labute approximate surface area is 229 Å². The second-order valence-corrected chi connectivity index (χ2v) is 14.0. The molecule has 2 aromatic rings. The standard InChI is InChI=1S/C27H43N5O4S.H2O/c1-26(2,3)16-19-18-9-10-20(33)24(23(18)30-25(19)37-27(4,5)6)32-14-12-31(13-15-32)22(35)8-7-11-29-21(34)17-36-28;/h9-10,30,33H,7-8,11-17,28H2,1-6H3,(H,29,34);1H2. The third-order valence-electron chi connectivity index (χ3n) is 6.22. The summed E-state index contributed by atoms with van der Waals surface area (Å²) in [4.78, 5) is 36.1. The van der Waals surface area contributed by atoms with E-state index in [0.717, 1.165) is 23.0 Å². The van der Waals surface area contributed by atoms with Crippen LogP contribution in [0.5, 0.6) is 5.75 Å². The highest BCUT2D eigenvalue weighted by molar-refractivity contribution is 7.80. The number of phenolic OH excluding ortho intramolecular Hbond substituents is 1. The number of phenols is 1. The molecule has 0 bridgehead atoms. The van der Waals surface area contributed by atoms with Gasteiger partial charge in [-0.1, -0.05) is 20.8 Å². The Morgan fingerprint density at radius 3 is 2.37 bits per heavy atom. The molecule has 1 saturated heterocycles. The van der Waals surface area contributed by atoms with Crippen molar-refractivity contribution in [2.45, 2.75) is 70.6 Å². The Bertz CT molecular complexity index is 1100. The van der Waals surface area contributed by atoms with Crippen LogP contribution >= 0.6 is 0 Å². The lowest BCUT2D eigenvalue weighted by Gasteiger charge is -2.36. The molecule has 6 N–H and O–H groups in total. The number of nitrogens with zero attached hydrogens (tertiary/aromatic N) is 2. The van der Waals surface area contributed by atoms with Gasteiger partial charge in [0.15, 0.2) is 0 Å². The molecule has 2 heterocycles. The van der Waals surface area contributed by atoms with E-state index in [1.165, 1.54) is 22.4 Å². The second kappa shape index (κ2) is 13.1. The van der Waals surface area contributed by atoms with Crippen LogP contribution in [0, 0.1) is 5.41 Å². The zero-order valence-corrected chi connectivity index (χ0v) is 24.5. The van der Waals surface area contributed by atoms with Gasteiger partial charge in [0.05, 0.1) is 5.52 Å². The van der Waals surface area contributed by atoms with Crippen LogP contribution in [0.2, 0.25) is 0 Å². The number of nitrogens with two attached hydrogens (primary N) is 1. The van der Waals surface area contributed by atoms with Crippen LogP contribution in [0.4, 0.5) is 5.69 Å². The summed E-state index contributed by atoms with van der Waals surface area (Å²) in [5.74, 6) is 4.92. The van der Waals surface area contributed by atoms with Gasteiger partial charge in [-0.3, -0.25) is 14.4 Å². The number of aromatic amines is 1. The summed E-state index contributed by atoms with van der Waals surface area (Å²) in [6.07, 6.45) is 1.87. The summed E-state index contributed by atoms with van der Waals surface area (Å²) in [6, 6.07) is 3.84. The largest absolute Gasteiger partial charge is 0.870 e. The first kappa shape index (κ1) is 31.7. The van der Waals surface area contributed by atoms with E-state index in [1.807, 2.05) is 11.0 Å². The zero-order chi connectivity index (χ0) is 27.4. The number of benzene rings is 1. The number of aromatic hydroxyl groups is 1. The number of thiol groups is 1. The van der Waals surface area contributed by atoms with Crippen LogP contribution in [-0.4, -0.2) is 76.4 Å². The van der Waals surface area contributed by atoms with Gasteiger partial charge in [-0.2, -0.15) is 0 Å². The molecule has 1 aromatic carbocycles. The predicted octanol–water partition coefficient (Wildman–Crippen LogP) is 2.69. The smallest absolute Gasteiger partial charge is 0.248 e. The summed E-state index contributed by atoms with van der Waals surface area (Å²) in [7, 11) is 0. The third-order valence-corrected chi connectivity index (χ3v) is 7.49. The number of nitrogens with one attached hydrogen (secondary N) is 2. The molecule has 2 amide bonds. The fourth-order valence-corrected chi connectivity index (χ4v) is 5.84. The number of fused-ring (bicyclic) bond motifs is 1. The van der Waals surface area contributed by atoms with E-state index in [0.29, 0.717) is 45.6 Å².